The summed E-state index contributed by atoms with van der Waals surface area (Å²) in [6.07, 6.45) is 2.12. The second-order valence-corrected chi connectivity index (χ2v) is 2.01. The average molecular weight is 143 g/mol. The van der Waals surface area contributed by atoms with Crippen LogP contribution in [0.2, 0.25) is 0 Å². The van der Waals surface area contributed by atoms with Crippen LogP contribution in [0, 0.1) is 0 Å². The fourth-order valence-electron chi connectivity index (χ4n) is 0.408. The normalized spacial score (nSPS) is 11.8. The fourth-order valence-corrected chi connectivity index (χ4v) is 0.408. The van der Waals surface area contributed by atoms with Gasteiger partial charge in [-0.2, -0.15) is 0 Å². The Labute approximate surface area is 60.0 Å². The van der Waals surface area contributed by atoms with E-state index >= 15 is 0 Å². The largest absolute Gasteiger partial charge is 0.335 e. The highest BCUT2D eigenvalue weighted by Gasteiger charge is 2.02. The number of hydrogen-bond donors (Lipinski definition) is 2. The fraction of sp³-hybridized carbons (Fsp3) is 0.667. The molecular weight excluding hydrogens is 132 g/mol. The summed E-state index contributed by atoms with van der Waals surface area (Å²) < 4.78 is 0. The standard InChI is InChI=1S/C6H11N2O2/c1-3-5(2)8-6(10)7-4-9/h5H,3H2,1-2H3,(H2,7,8,9,10). The molecule has 0 fully saturated rings. The molecule has 0 rings (SSSR count). The molecule has 3 amide bonds. The van der Waals surface area contributed by atoms with Crippen molar-refractivity contribution in [3.63, 3.8) is 0 Å². The van der Waals surface area contributed by atoms with Crippen molar-refractivity contribution >= 4 is 12.4 Å². The minimum atomic E-state index is -0.496. The Balaban J connectivity index is 3.46. The molecule has 0 aliphatic rings. The van der Waals surface area contributed by atoms with Crippen molar-refractivity contribution in [1.29, 1.82) is 0 Å². The van der Waals surface area contributed by atoms with Crippen molar-refractivity contribution in [2.24, 2.45) is 0 Å². The number of urea groups is 1. The molecule has 0 bridgehead atoms. The van der Waals surface area contributed by atoms with Gasteiger partial charge < -0.3 is 5.32 Å². The lowest BCUT2D eigenvalue weighted by atomic mass is 10.3. The van der Waals surface area contributed by atoms with Crippen LogP contribution in [0.1, 0.15) is 20.3 Å². The molecule has 0 aliphatic heterocycles. The lowest BCUT2D eigenvalue weighted by Crippen LogP contribution is -2.39. The van der Waals surface area contributed by atoms with Crippen LogP contribution in [0.25, 0.3) is 0 Å². The Kier molecular flexibility index (Phi) is 4.28. The third kappa shape index (κ3) is 3.88. The van der Waals surface area contributed by atoms with Crippen LogP contribution in [0.15, 0.2) is 0 Å². The van der Waals surface area contributed by atoms with E-state index in [-0.39, 0.29) is 6.04 Å². The molecule has 4 heteroatoms. The van der Waals surface area contributed by atoms with Gasteiger partial charge in [-0.1, -0.05) is 6.92 Å². The van der Waals surface area contributed by atoms with Crippen LogP contribution < -0.4 is 10.6 Å². The molecule has 2 N–H and O–H groups in total. The molecule has 0 aromatic heterocycles. The minimum Gasteiger partial charge on any atom is -0.335 e. The maximum Gasteiger partial charge on any atom is 0.322 e. The van der Waals surface area contributed by atoms with Crippen molar-refractivity contribution in [1.82, 2.24) is 10.6 Å². The molecule has 0 spiro atoms. The Morgan fingerprint density at radius 1 is 1.70 bits per heavy atom. The van der Waals surface area contributed by atoms with Crippen molar-refractivity contribution in [3.8, 4) is 0 Å². The summed E-state index contributed by atoms with van der Waals surface area (Å²) in [5.41, 5.74) is 0. The van der Waals surface area contributed by atoms with Crippen molar-refractivity contribution in [3.05, 3.63) is 0 Å². The van der Waals surface area contributed by atoms with Gasteiger partial charge in [-0.25, -0.2) is 4.79 Å². The lowest BCUT2D eigenvalue weighted by Gasteiger charge is -2.08. The highest BCUT2D eigenvalue weighted by molar-refractivity contribution is 5.84. The summed E-state index contributed by atoms with van der Waals surface area (Å²) >= 11 is 0. The van der Waals surface area contributed by atoms with E-state index in [1.165, 1.54) is 6.41 Å². The molecule has 1 radical (unpaired) electrons. The molecule has 10 heavy (non-hydrogen) atoms. The Bertz CT molecular complexity index is 125. The van der Waals surface area contributed by atoms with Gasteiger partial charge in [0.25, 0.3) is 0 Å². The number of imide groups is 1. The number of nitrogens with one attached hydrogen (secondary N) is 2. The van der Waals surface area contributed by atoms with Gasteiger partial charge >= 0.3 is 12.4 Å². The summed E-state index contributed by atoms with van der Waals surface area (Å²) in [5.74, 6) is 0. The molecule has 0 saturated heterocycles. The summed E-state index contributed by atoms with van der Waals surface area (Å²) in [7, 11) is 0. The predicted octanol–water partition coefficient (Wildman–Crippen LogP) is 0.151. The van der Waals surface area contributed by atoms with Crippen LogP contribution in [0.5, 0.6) is 0 Å². The molecule has 0 aromatic rings. The number of carbonyl (C=O) groups is 1. The van der Waals surface area contributed by atoms with Gasteiger partial charge in [-0.15, -0.1) is 0 Å². The lowest BCUT2D eigenvalue weighted by molar-refractivity contribution is 0.241. The van der Waals surface area contributed by atoms with Crippen LogP contribution in [0.3, 0.4) is 0 Å². The zero-order chi connectivity index (χ0) is 7.98. The number of rotatable bonds is 3. The van der Waals surface area contributed by atoms with Gasteiger partial charge in [0.2, 0.25) is 0 Å². The Hall–Kier alpha value is -1.06. The van der Waals surface area contributed by atoms with E-state index in [4.69, 9.17) is 0 Å². The first kappa shape index (κ1) is 8.94. The van der Waals surface area contributed by atoms with Gasteiger partial charge in [0.05, 0.1) is 0 Å². The number of amides is 3. The number of carbonyl (C=O) groups excluding carboxylic acids is 2. The van der Waals surface area contributed by atoms with Gasteiger partial charge in [0, 0.05) is 6.04 Å². The van der Waals surface area contributed by atoms with E-state index < -0.39 is 6.03 Å². The molecule has 57 valence electrons. The second-order valence-electron chi connectivity index (χ2n) is 2.01. The highest BCUT2D eigenvalue weighted by Crippen LogP contribution is 1.85. The molecule has 0 saturated carbocycles. The molecule has 1 unspecified atom stereocenters. The summed E-state index contributed by atoms with van der Waals surface area (Å²) in [5, 5.41) is 4.37. The van der Waals surface area contributed by atoms with Crippen molar-refractivity contribution < 1.29 is 9.59 Å². The van der Waals surface area contributed by atoms with Crippen LogP contribution in [-0.2, 0) is 4.79 Å². The first-order valence-corrected chi connectivity index (χ1v) is 3.14. The van der Waals surface area contributed by atoms with E-state index in [0.717, 1.165) is 6.42 Å². The van der Waals surface area contributed by atoms with E-state index in [1.807, 2.05) is 19.2 Å². The second kappa shape index (κ2) is 4.78. The third-order valence-corrected chi connectivity index (χ3v) is 1.15. The van der Waals surface area contributed by atoms with Gasteiger partial charge in [0.15, 0.2) is 0 Å². The Morgan fingerprint density at radius 3 is 2.70 bits per heavy atom. The predicted molar refractivity (Wildman–Crippen MR) is 37.1 cm³/mol. The Morgan fingerprint density at radius 2 is 2.30 bits per heavy atom. The summed E-state index contributed by atoms with van der Waals surface area (Å²) in [4.78, 5) is 20.1. The summed E-state index contributed by atoms with van der Waals surface area (Å²) in [6.45, 7) is 3.79. The molecule has 0 aliphatic carbocycles. The summed E-state index contributed by atoms with van der Waals surface area (Å²) in [6, 6.07) is -0.405. The van der Waals surface area contributed by atoms with Crippen LogP contribution >= 0.6 is 0 Å². The highest BCUT2D eigenvalue weighted by atomic mass is 16.2. The monoisotopic (exact) mass is 143 g/mol. The average Bonchev–Trinajstić information content (AvgIpc) is 1.88. The quantitative estimate of drug-likeness (QED) is 0.552. The molecule has 4 nitrogen and oxygen atoms in total. The smallest absolute Gasteiger partial charge is 0.322 e. The first-order valence-electron chi connectivity index (χ1n) is 3.14. The first-order chi connectivity index (χ1) is 4.70. The van der Waals surface area contributed by atoms with Crippen molar-refractivity contribution in [2.45, 2.75) is 26.3 Å². The van der Waals surface area contributed by atoms with Gasteiger partial charge in [-0.05, 0) is 13.3 Å². The van der Waals surface area contributed by atoms with Gasteiger partial charge in [-0.3, -0.25) is 10.1 Å². The van der Waals surface area contributed by atoms with E-state index in [2.05, 4.69) is 5.32 Å². The third-order valence-electron chi connectivity index (χ3n) is 1.15. The van der Waals surface area contributed by atoms with E-state index in [0.29, 0.717) is 0 Å². The van der Waals surface area contributed by atoms with E-state index in [1.54, 1.807) is 0 Å². The topological polar surface area (TPSA) is 58.2 Å². The zero-order valence-corrected chi connectivity index (χ0v) is 6.10. The molecular formula is C6H11N2O2. The van der Waals surface area contributed by atoms with E-state index in [9.17, 15) is 9.59 Å². The maximum absolute atomic E-state index is 10.5. The number of hydrogen-bond acceptors (Lipinski definition) is 2. The molecule has 1 atom stereocenters. The van der Waals surface area contributed by atoms with Gasteiger partial charge in [0.1, 0.15) is 0 Å². The minimum absolute atomic E-state index is 0.0911. The maximum atomic E-state index is 10.5. The van der Waals surface area contributed by atoms with Crippen molar-refractivity contribution in [2.75, 3.05) is 0 Å². The SMILES string of the molecule is CCC(C)NC(=O)N[C]=O. The zero-order valence-electron chi connectivity index (χ0n) is 6.10. The van der Waals surface area contributed by atoms with Crippen LogP contribution in [-0.4, -0.2) is 18.5 Å². The molecule has 0 aromatic carbocycles. The molecule has 0 heterocycles. The van der Waals surface area contributed by atoms with Crippen LogP contribution in [0.4, 0.5) is 4.79 Å².